The summed E-state index contributed by atoms with van der Waals surface area (Å²) in [4.78, 5) is 0. The maximum absolute atomic E-state index is 6.19. The first-order chi connectivity index (χ1) is 18.4. The van der Waals surface area contributed by atoms with Gasteiger partial charge >= 0.3 is 0 Å². The molecule has 0 N–H and O–H groups in total. The van der Waals surface area contributed by atoms with Gasteiger partial charge in [0.25, 0.3) is 0 Å². The van der Waals surface area contributed by atoms with Gasteiger partial charge in [-0.15, -0.1) is 0 Å². The lowest BCUT2D eigenvalue weighted by molar-refractivity contribution is -0.226. The zero-order valence-electron chi connectivity index (χ0n) is 23.6. The summed E-state index contributed by atoms with van der Waals surface area (Å²) in [5.74, 6) is 0.872. The Hall–Kier alpha value is -3.14. The third-order valence-corrected chi connectivity index (χ3v) is 6.92. The summed E-state index contributed by atoms with van der Waals surface area (Å²) in [6.07, 6.45) is 12.7. The first-order valence-corrected chi connectivity index (χ1v) is 13.9. The van der Waals surface area contributed by atoms with Gasteiger partial charge in [0.05, 0.1) is 20.3 Å². The summed E-state index contributed by atoms with van der Waals surface area (Å²) < 4.78 is 17.6. The standard InChI is InChI=1S/C35H42O3/c1-6-8-29-23-33(34-37-24-35(3,4)25-38-34)31(9-7-2)22-30(29)19-16-27-13-10-26(11-14-27)12-15-28-17-20-32(36-5)21-18-28/h10-23,34H,6-9,24-25H2,1-5H3/b15-12+,19-16+. The second kappa shape index (κ2) is 13.1. The van der Waals surface area contributed by atoms with E-state index in [0.717, 1.165) is 50.2 Å². The predicted molar refractivity (Wildman–Crippen MR) is 160 cm³/mol. The smallest absolute Gasteiger partial charge is 0.184 e. The summed E-state index contributed by atoms with van der Waals surface area (Å²) in [5.41, 5.74) is 8.76. The van der Waals surface area contributed by atoms with Crippen molar-refractivity contribution in [2.24, 2.45) is 5.41 Å². The molecule has 0 amide bonds. The molecule has 1 fully saturated rings. The minimum absolute atomic E-state index is 0.0668. The monoisotopic (exact) mass is 510 g/mol. The third kappa shape index (κ3) is 7.46. The van der Waals surface area contributed by atoms with Gasteiger partial charge in [0.1, 0.15) is 5.75 Å². The SMILES string of the molecule is CCCc1cc(C2OCC(C)(C)CO2)c(CCC)cc1/C=C/c1ccc(/C=C/c2ccc(OC)cc2)cc1. The van der Waals surface area contributed by atoms with Gasteiger partial charge in [-0.05, 0) is 64.4 Å². The van der Waals surface area contributed by atoms with Crippen LogP contribution in [0.3, 0.4) is 0 Å². The van der Waals surface area contributed by atoms with Crippen molar-refractivity contribution in [2.75, 3.05) is 20.3 Å². The Kier molecular flexibility index (Phi) is 9.60. The Morgan fingerprint density at radius 3 is 1.76 bits per heavy atom. The second-order valence-corrected chi connectivity index (χ2v) is 11.0. The highest BCUT2D eigenvalue weighted by Crippen LogP contribution is 2.35. The molecule has 0 saturated carbocycles. The van der Waals surface area contributed by atoms with Crippen LogP contribution in [0.4, 0.5) is 0 Å². The summed E-state index contributed by atoms with van der Waals surface area (Å²) >= 11 is 0. The van der Waals surface area contributed by atoms with Gasteiger partial charge in [0, 0.05) is 11.0 Å². The van der Waals surface area contributed by atoms with E-state index < -0.39 is 0 Å². The number of aryl methyl sites for hydroxylation is 2. The first-order valence-electron chi connectivity index (χ1n) is 13.9. The molecular formula is C35H42O3. The van der Waals surface area contributed by atoms with Crippen molar-refractivity contribution in [3.63, 3.8) is 0 Å². The van der Waals surface area contributed by atoms with Crippen molar-refractivity contribution in [2.45, 2.75) is 59.7 Å². The molecule has 1 saturated heterocycles. The Morgan fingerprint density at radius 2 is 1.24 bits per heavy atom. The van der Waals surface area contributed by atoms with Crippen molar-refractivity contribution >= 4 is 24.3 Å². The lowest BCUT2D eigenvalue weighted by atomic mass is 9.91. The number of ether oxygens (including phenoxy) is 3. The van der Waals surface area contributed by atoms with Crippen LogP contribution in [0.5, 0.6) is 5.75 Å². The van der Waals surface area contributed by atoms with Gasteiger partial charge in [0.15, 0.2) is 6.29 Å². The van der Waals surface area contributed by atoms with Crippen LogP contribution in [0.1, 0.15) is 85.8 Å². The van der Waals surface area contributed by atoms with Gasteiger partial charge in [-0.25, -0.2) is 0 Å². The van der Waals surface area contributed by atoms with Crippen LogP contribution in [0.2, 0.25) is 0 Å². The molecule has 200 valence electrons. The average Bonchev–Trinajstić information content (AvgIpc) is 2.93. The fourth-order valence-electron chi connectivity index (χ4n) is 4.76. The highest BCUT2D eigenvalue weighted by Gasteiger charge is 2.30. The maximum Gasteiger partial charge on any atom is 0.184 e. The molecule has 0 bridgehead atoms. The minimum Gasteiger partial charge on any atom is -0.497 e. The molecule has 3 nitrogen and oxygen atoms in total. The molecule has 0 unspecified atom stereocenters. The second-order valence-electron chi connectivity index (χ2n) is 11.0. The van der Waals surface area contributed by atoms with Crippen molar-refractivity contribution < 1.29 is 14.2 Å². The van der Waals surface area contributed by atoms with Gasteiger partial charge in [-0.3, -0.25) is 0 Å². The van der Waals surface area contributed by atoms with Crippen molar-refractivity contribution in [1.82, 2.24) is 0 Å². The minimum atomic E-state index is -0.267. The van der Waals surface area contributed by atoms with Gasteiger partial charge in [-0.1, -0.05) is 107 Å². The van der Waals surface area contributed by atoms with E-state index in [9.17, 15) is 0 Å². The van der Waals surface area contributed by atoms with Crippen LogP contribution < -0.4 is 4.74 Å². The topological polar surface area (TPSA) is 27.7 Å². The molecule has 4 rings (SSSR count). The van der Waals surface area contributed by atoms with E-state index in [4.69, 9.17) is 14.2 Å². The fourth-order valence-corrected chi connectivity index (χ4v) is 4.76. The highest BCUT2D eigenvalue weighted by molar-refractivity contribution is 5.74. The third-order valence-electron chi connectivity index (χ3n) is 6.92. The lowest BCUT2D eigenvalue weighted by Crippen LogP contribution is -2.34. The van der Waals surface area contributed by atoms with Gasteiger partial charge in [-0.2, -0.15) is 0 Å². The van der Waals surface area contributed by atoms with Crippen LogP contribution in [0.15, 0.2) is 60.7 Å². The highest BCUT2D eigenvalue weighted by atomic mass is 16.7. The summed E-state index contributed by atoms with van der Waals surface area (Å²) in [6, 6.07) is 21.5. The lowest BCUT2D eigenvalue weighted by Gasteiger charge is -2.35. The van der Waals surface area contributed by atoms with Crippen LogP contribution in [0, 0.1) is 5.41 Å². The Balaban J connectivity index is 1.52. The molecular weight excluding hydrogens is 468 g/mol. The molecule has 0 aromatic heterocycles. The Morgan fingerprint density at radius 1 is 0.737 bits per heavy atom. The van der Waals surface area contributed by atoms with Gasteiger partial charge in [0.2, 0.25) is 0 Å². The predicted octanol–water partition coefficient (Wildman–Crippen LogP) is 9.01. The molecule has 38 heavy (non-hydrogen) atoms. The van der Waals surface area contributed by atoms with Gasteiger partial charge < -0.3 is 14.2 Å². The molecule has 0 radical (unpaired) electrons. The van der Waals surface area contributed by atoms with Crippen LogP contribution >= 0.6 is 0 Å². The summed E-state index contributed by atoms with van der Waals surface area (Å²) in [6.45, 7) is 10.3. The number of rotatable bonds is 10. The number of benzene rings is 3. The molecule has 1 aliphatic rings. The van der Waals surface area contributed by atoms with E-state index in [1.54, 1.807) is 7.11 Å². The molecule has 3 aromatic rings. The van der Waals surface area contributed by atoms with E-state index in [1.165, 1.54) is 33.4 Å². The number of hydrogen-bond acceptors (Lipinski definition) is 3. The summed E-state index contributed by atoms with van der Waals surface area (Å²) in [7, 11) is 1.69. The Bertz CT molecular complexity index is 1220. The maximum atomic E-state index is 6.19. The van der Waals surface area contributed by atoms with Crippen molar-refractivity contribution in [3.05, 3.63) is 99.6 Å². The van der Waals surface area contributed by atoms with Crippen molar-refractivity contribution in [3.8, 4) is 5.75 Å². The normalized spacial score (nSPS) is 15.9. The van der Waals surface area contributed by atoms with E-state index in [1.807, 2.05) is 12.1 Å². The van der Waals surface area contributed by atoms with Crippen LogP contribution in [-0.4, -0.2) is 20.3 Å². The number of hydrogen-bond donors (Lipinski definition) is 0. The first kappa shape index (κ1) is 27.9. The fraction of sp³-hybridized carbons (Fsp3) is 0.371. The molecule has 1 heterocycles. The van der Waals surface area contributed by atoms with E-state index in [-0.39, 0.29) is 11.7 Å². The summed E-state index contributed by atoms with van der Waals surface area (Å²) in [5, 5.41) is 0. The van der Waals surface area contributed by atoms with E-state index >= 15 is 0 Å². The molecule has 3 aromatic carbocycles. The van der Waals surface area contributed by atoms with E-state index in [2.05, 4.69) is 101 Å². The molecule has 3 heteroatoms. The van der Waals surface area contributed by atoms with Crippen LogP contribution in [0.25, 0.3) is 24.3 Å². The average molecular weight is 511 g/mol. The zero-order valence-corrected chi connectivity index (χ0v) is 23.6. The van der Waals surface area contributed by atoms with Crippen molar-refractivity contribution in [1.29, 1.82) is 0 Å². The quantitative estimate of drug-likeness (QED) is 0.255. The number of methoxy groups -OCH3 is 1. The zero-order chi connectivity index (χ0) is 27.0. The largest absolute Gasteiger partial charge is 0.497 e. The van der Waals surface area contributed by atoms with E-state index in [0.29, 0.717) is 0 Å². The molecule has 0 aliphatic carbocycles. The Labute approximate surface area is 229 Å². The molecule has 0 spiro atoms. The molecule has 0 atom stereocenters. The molecule has 1 aliphatic heterocycles. The van der Waals surface area contributed by atoms with Crippen LogP contribution in [-0.2, 0) is 22.3 Å².